The third kappa shape index (κ3) is 4.50. The van der Waals surface area contributed by atoms with Gasteiger partial charge < -0.3 is 10.6 Å². The summed E-state index contributed by atoms with van der Waals surface area (Å²) in [7, 11) is 0. The fourth-order valence-electron chi connectivity index (χ4n) is 1.51. The summed E-state index contributed by atoms with van der Waals surface area (Å²) in [5.41, 5.74) is -0.465. The summed E-state index contributed by atoms with van der Waals surface area (Å²) in [6, 6.07) is 4.73. The number of rotatable bonds is 2. The van der Waals surface area contributed by atoms with E-state index in [2.05, 4.69) is 22.5 Å². The minimum Gasteiger partial charge on any atom is -0.335 e. The molecule has 0 saturated heterocycles. The molecule has 2 rings (SSSR count). The zero-order valence-electron chi connectivity index (χ0n) is 10.6. The highest BCUT2D eigenvalue weighted by Gasteiger charge is 2.30. The summed E-state index contributed by atoms with van der Waals surface area (Å²) in [6.45, 7) is 0.0921. The fourth-order valence-corrected chi connectivity index (χ4v) is 1.51. The van der Waals surface area contributed by atoms with Crippen LogP contribution in [0.4, 0.5) is 18.0 Å². The van der Waals surface area contributed by atoms with Crippen molar-refractivity contribution in [3.63, 3.8) is 0 Å². The first-order valence-electron chi connectivity index (χ1n) is 6.15. The van der Waals surface area contributed by atoms with E-state index < -0.39 is 11.7 Å². The molecule has 3 nitrogen and oxygen atoms in total. The predicted octanol–water partition coefficient (Wildman–Crippen LogP) is 2.52. The number of carbonyl (C=O) groups is 1. The van der Waals surface area contributed by atoms with E-state index in [1.54, 1.807) is 0 Å². The molecular weight excluding hydrogens is 269 g/mol. The van der Waals surface area contributed by atoms with Crippen LogP contribution in [0.5, 0.6) is 0 Å². The summed E-state index contributed by atoms with van der Waals surface area (Å²) in [5, 5.41) is 5.24. The quantitative estimate of drug-likeness (QED) is 0.804. The maximum atomic E-state index is 12.5. The van der Waals surface area contributed by atoms with Gasteiger partial charge in [0.15, 0.2) is 0 Å². The molecule has 20 heavy (non-hydrogen) atoms. The van der Waals surface area contributed by atoms with Gasteiger partial charge in [-0.15, -0.1) is 0 Å². The number of carbonyl (C=O) groups excluding carboxylic acids is 1. The van der Waals surface area contributed by atoms with Gasteiger partial charge in [-0.3, -0.25) is 0 Å². The number of halogens is 3. The van der Waals surface area contributed by atoms with Crippen LogP contribution >= 0.6 is 0 Å². The molecule has 106 valence electrons. The fraction of sp³-hybridized carbons (Fsp3) is 0.357. The molecule has 0 aliphatic heterocycles. The smallest absolute Gasteiger partial charge is 0.335 e. The Hall–Kier alpha value is -2.16. The van der Waals surface area contributed by atoms with Gasteiger partial charge in [-0.25, -0.2) is 4.79 Å². The lowest BCUT2D eigenvalue weighted by molar-refractivity contribution is -0.137. The monoisotopic (exact) mass is 282 g/mol. The van der Waals surface area contributed by atoms with Crippen molar-refractivity contribution in [3.8, 4) is 11.8 Å². The number of urea groups is 1. The molecule has 0 unspecified atom stereocenters. The Balaban J connectivity index is 1.86. The molecule has 0 heterocycles. The van der Waals surface area contributed by atoms with E-state index in [-0.39, 0.29) is 24.2 Å². The van der Waals surface area contributed by atoms with Crippen molar-refractivity contribution in [2.45, 2.75) is 25.1 Å². The van der Waals surface area contributed by atoms with Crippen molar-refractivity contribution in [2.75, 3.05) is 6.54 Å². The Kier molecular flexibility index (Phi) is 4.18. The maximum absolute atomic E-state index is 12.5. The molecule has 1 aliphatic rings. The van der Waals surface area contributed by atoms with Crippen molar-refractivity contribution in [2.24, 2.45) is 0 Å². The minimum absolute atomic E-state index is 0.0921. The summed E-state index contributed by atoms with van der Waals surface area (Å²) < 4.78 is 37.4. The molecule has 2 amide bonds. The Morgan fingerprint density at radius 1 is 1.35 bits per heavy atom. The second kappa shape index (κ2) is 5.87. The number of hydrogen-bond acceptors (Lipinski definition) is 1. The highest BCUT2D eigenvalue weighted by atomic mass is 19.4. The van der Waals surface area contributed by atoms with Crippen molar-refractivity contribution in [1.82, 2.24) is 10.6 Å². The molecule has 1 aliphatic carbocycles. The van der Waals surface area contributed by atoms with E-state index in [9.17, 15) is 18.0 Å². The lowest BCUT2D eigenvalue weighted by Gasteiger charge is -2.05. The van der Waals surface area contributed by atoms with Crippen molar-refractivity contribution < 1.29 is 18.0 Å². The van der Waals surface area contributed by atoms with Crippen LogP contribution in [0.25, 0.3) is 0 Å². The molecule has 0 radical (unpaired) electrons. The van der Waals surface area contributed by atoms with Gasteiger partial charge in [0, 0.05) is 11.6 Å². The molecule has 6 heteroatoms. The van der Waals surface area contributed by atoms with Gasteiger partial charge in [-0.1, -0.05) is 17.9 Å². The predicted molar refractivity (Wildman–Crippen MR) is 67.9 cm³/mol. The van der Waals surface area contributed by atoms with Crippen LogP contribution in [-0.4, -0.2) is 18.6 Å². The summed E-state index contributed by atoms with van der Waals surface area (Å²) in [6.07, 6.45) is -2.40. The molecular formula is C14H13F3N2O. The first-order chi connectivity index (χ1) is 9.45. The Morgan fingerprint density at radius 2 is 2.10 bits per heavy atom. The average molecular weight is 282 g/mol. The van der Waals surface area contributed by atoms with Crippen LogP contribution in [0.15, 0.2) is 24.3 Å². The normalized spacial score (nSPS) is 14.2. The Morgan fingerprint density at radius 3 is 2.75 bits per heavy atom. The van der Waals surface area contributed by atoms with E-state index in [4.69, 9.17) is 0 Å². The molecule has 0 aromatic heterocycles. The summed E-state index contributed by atoms with van der Waals surface area (Å²) in [4.78, 5) is 11.3. The molecule has 0 spiro atoms. The third-order valence-electron chi connectivity index (χ3n) is 2.67. The first kappa shape index (κ1) is 14.3. The van der Waals surface area contributed by atoms with Crippen LogP contribution in [0.1, 0.15) is 24.0 Å². The van der Waals surface area contributed by atoms with Gasteiger partial charge in [0.05, 0.1) is 12.1 Å². The molecule has 0 atom stereocenters. The van der Waals surface area contributed by atoms with Gasteiger partial charge >= 0.3 is 12.2 Å². The second-order valence-electron chi connectivity index (χ2n) is 4.48. The van der Waals surface area contributed by atoms with Gasteiger partial charge in [-0.05, 0) is 31.0 Å². The van der Waals surface area contributed by atoms with Crippen molar-refractivity contribution in [3.05, 3.63) is 35.4 Å². The van der Waals surface area contributed by atoms with Crippen molar-refractivity contribution >= 4 is 6.03 Å². The average Bonchev–Trinajstić information content (AvgIpc) is 3.18. The number of benzene rings is 1. The molecule has 2 N–H and O–H groups in total. The lowest BCUT2D eigenvalue weighted by atomic mass is 10.1. The van der Waals surface area contributed by atoms with E-state index >= 15 is 0 Å². The van der Waals surface area contributed by atoms with Crippen LogP contribution < -0.4 is 10.6 Å². The SMILES string of the molecule is O=C(NCC#Cc1cccc(C(F)(F)F)c1)NC1CC1. The van der Waals surface area contributed by atoms with E-state index in [0.29, 0.717) is 0 Å². The minimum atomic E-state index is -4.37. The summed E-state index contributed by atoms with van der Waals surface area (Å²) >= 11 is 0. The number of nitrogens with one attached hydrogen (secondary N) is 2. The van der Waals surface area contributed by atoms with Crippen LogP contribution in [0.2, 0.25) is 0 Å². The van der Waals surface area contributed by atoms with Gasteiger partial charge in [0.1, 0.15) is 0 Å². The number of amides is 2. The standard InChI is InChI=1S/C14H13F3N2O/c15-14(16,17)11-5-1-3-10(9-11)4-2-8-18-13(20)19-12-6-7-12/h1,3,5,9,12H,6-8H2,(H2,18,19,20). The molecule has 1 aromatic rings. The number of hydrogen-bond donors (Lipinski definition) is 2. The first-order valence-corrected chi connectivity index (χ1v) is 6.15. The van der Waals surface area contributed by atoms with Gasteiger partial charge in [-0.2, -0.15) is 13.2 Å². The van der Waals surface area contributed by atoms with Crippen LogP contribution in [0, 0.1) is 11.8 Å². The Bertz CT molecular complexity index is 554. The van der Waals surface area contributed by atoms with E-state index in [0.717, 1.165) is 25.0 Å². The number of alkyl halides is 3. The molecule has 1 saturated carbocycles. The molecule has 0 bridgehead atoms. The van der Waals surface area contributed by atoms with Gasteiger partial charge in [0.2, 0.25) is 0 Å². The summed E-state index contributed by atoms with van der Waals surface area (Å²) in [5.74, 6) is 5.20. The zero-order valence-corrected chi connectivity index (χ0v) is 10.6. The zero-order chi connectivity index (χ0) is 14.6. The third-order valence-corrected chi connectivity index (χ3v) is 2.67. The van der Waals surface area contributed by atoms with Crippen molar-refractivity contribution in [1.29, 1.82) is 0 Å². The van der Waals surface area contributed by atoms with Crippen LogP contribution in [-0.2, 0) is 6.18 Å². The maximum Gasteiger partial charge on any atom is 0.416 e. The Labute approximate surface area is 114 Å². The largest absolute Gasteiger partial charge is 0.416 e. The lowest BCUT2D eigenvalue weighted by Crippen LogP contribution is -2.36. The topological polar surface area (TPSA) is 41.1 Å². The molecule has 1 fully saturated rings. The molecule has 1 aromatic carbocycles. The van der Waals surface area contributed by atoms with Gasteiger partial charge in [0.25, 0.3) is 0 Å². The van der Waals surface area contributed by atoms with E-state index in [1.807, 2.05) is 0 Å². The second-order valence-corrected chi connectivity index (χ2v) is 4.48. The highest BCUT2D eigenvalue weighted by molar-refractivity contribution is 5.74. The van der Waals surface area contributed by atoms with Crippen LogP contribution in [0.3, 0.4) is 0 Å². The highest BCUT2D eigenvalue weighted by Crippen LogP contribution is 2.29. The van der Waals surface area contributed by atoms with E-state index in [1.165, 1.54) is 12.1 Å².